The molecule has 3 aromatic rings. The van der Waals surface area contributed by atoms with Gasteiger partial charge in [0.15, 0.2) is 0 Å². The predicted octanol–water partition coefficient (Wildman–Crippen LogP) is 3.18. The second-order valence-corrected chi connectivity index (χ2v) is 8.73. The summed E-state index contributed by atoms with van der Waals surface area (Å²) in [6, 6.07) is 8.64. The molecule has 3 rings (SSSR count). The summed E-state index contributed by atoms with van der Waals surface area (Å²) in [5, 5.41) is 9.77. The van der Waals surface area contributed by atoms with Crippen molar-refractivity contribution in [3.05, 3.63) is 41.5 Å². The zero-order valence-corrected chi connectivity index (χ0v) is 14.6. The maximum Gasteiger partial charge on any atom is 0.265 e. The van der Waals surface area contributed by atoms with E-state index in [1.807, 2.05) is 32.9 Å². The molecule has 0 aliphatic heterocycles. The van der Waals surface area contributed by atoms with Gasteiger partial charge in [0.05, 0.1) is 5.52 Å². The third kappa shape index (κ3) is 3.18. The van der Waals surface area contributed by atoms with Crippen LogP contribution in [0.15, 0.2) is 41.4 Å². The van der Waals surface area contributed by atoms with Gasteiger partial charge in [-0.25, -0.2) is 8.42 Å². The Bertz CT molecular complexity index is 954. The Balaban J connectivity index is 2.00. The first-order valence-corrected chi connectivity index (χ1v) is 9.28. The van der Waals surface area contributed by atoms with E-state index >= 15 is 0 Å². The molecule has 0 atom stereocenters. The van der Waals surface area contributed by atoms with Crippen LogP contribution in [0.5, 0.6) is 0 Å². The van der Waals surface area contributed by atoms with Crippen molar-refractivity contribution in [2.45, 2.75) is 31.1 Å². The van der Waals surface area contributed by atoms with E-state index in [9.17, 15) is 8.42 Å². The zero-order valence-electron chi connectivity index (χ0n) is 12.9. The fourth-order valence-electron chi connectivity index (χ4n) is 2.03. The van der Waals surface area contributed by atoms with Crippen LogP contribution in [-0.4, -0.2) is 23.6 Å². The lowest BCUT2D eigenvalue weighted by Gasteiger charge is -2.12. The molecule has 0 fully saturated rings. The summed E-state index contributed by atoms with van der Waals surface area (Å²) in [4.78, 5) is 4.31. The van der Waals surface area contributed by atoms with Gasteiger partial charge in [-0.2, -0.15) is 0 Å². The van der Waals surface area contributed by atoms with Crippen LogP contribution < -0.4 is 4.72 Å². The van der Waals surface area contributed by atoms with Crippen LogP contribution in [0.1, 0.15) is 25.8 Å². The molecule has 2 aromatic heterocycles. The van der Waals surface area contributed by atoms with Gasteiger partial charge in [0.1, 0.15) is 9.90 Å². The summed E-state index contributed by atoms with van der Waals surface area (Å²) in [5.41, 5.74) is 0.255. The van der Waals surface area contributed by atoms with E-state index in [2.05, 4.69) is 19.9 Å². The molecule has 0 aliphatic rings. The molecule has 120 valence electrons. The molecule has 1 aromatic carbocycles. The largest absolute Gasteiger partial charge is 0.265 e. The minimum Gasteiger partial charge on any atom is -0.255 e. The molecule has 0 saturated carbocycles. The number of rotatable bonds is 3. The van der Waals surface area contributed by atoms with E-state index in [0.29, 0.717) is 5.52 Å². The SMILES string of the molecule is CC(C)(C)c1nnc(NS(=O)(=O)c2cccc3cccnc23)s1. The van der Waals surface area contributed by atoms with Gasteiger partial charge in [0.25, 0.3) is 10.0 Å². The van der Waals surface area contributed by atoms with E-state index in [1.165, 1.54) is 17.4 Å². The number of sulfonamides is 1. The summed E-state index contributed by atoms with van der Waals surface area (Å²) in [6.45, 7) is 6.00. The van der Waals surface area contributed by atoms with Crippen LogP contribution in [0.3, 0.4) is 0 Å². The summed E-state index contributed by atoms with van der Waals surface area (Å²) in [5.74, 6) is 0. The van der Waals surface area contributed by atoms with E-state index in [1.54, 1.807) is 18.3 Å². The first-order valence-electron chi connectivity index (χ1n) is 6.98. The smallest absolute Gasteiger partial charge is 0.255 e. The second-order valence-electron chi connectivity index (χ2n) is 6.10. The molecule has 2 heterocycles. The zero-order chi connectivity index (χ0) is 16.7. The molecule has 0 saturated heterocycles. The van der Waals surface area contributed by atoms with Crippen molar-refractivity contribution in [2.24, 2.45) is 0 Å². The predicted molar refractivity (Wildman–Crippen MR) is 91.2 cm³/mol. The first-order chi connectivity index (χ1) is 10.8. The van der Waals surface area contributed by atoms with Gasteiger partial charge in [0, 0.05) is 17.0 Å². The highest BCUT2D eigenvalue weighted by Gasteiger charge is 2.23. The highest BCUT2D eigenvalue weighted by Crippen LogP contribution is 2.29. The average Bonchev–Trinajstić information content (AvgIpc) is 2.94. The van der Waals surface area contributed by atoms with Crippen LogP contribution in [0.25, 0.3) is 10.9 Å². The summed E-state index contributed by atoms with van der Waals surface area (Å²) < 4.78 is 27.8. The first kappa shape index (κ1) is 15.8. The number of fused-ring (bicyclic) bond motifs is 1. The molecule has 0 spiro atoms. The third-order valence-electron chi connectivity index (χ3n) is 3.17. The van der Waals surface area contributed by atoms with Crippen molar-refractivity contribution >= 4 is 37.4 Å². The van der Waals surface area contributed by atoms with Crippen molar-refractivity contribution in [1.29, 1.82) is 0 Å². The molecule has 0 radical (unpaired) electrons. The Morgan fingerprint density at radius 3 is 2.52 bits per heavy atom. The van der Waals surface area contributed by atoms with Crippen molar-refractivity contribution in [3.63, 3.8) is 0 Å². The van der Waals surface area contributed by atoms with E-state index in [4.69, 9.17) is 0 Å². The fourth-order valence-corrected chi connectivity index (χ4v) is 4.24. The van der Waals surface area contributed by atoms with Gasteiger partial charge in [-0.15, -0.1) is 10.2 Å². The molecular weight excluding hydrogens is 332 g/mol. The highest BCUT2D eigenvalue weighted by atomic mass is 32.2. The molecule has 1 N–H and O–H groups in total. The van der Waals surface area contributed by atoms with E-state index < -0.39 is 10.0 Å². The molecule has 0 aliphatic carbocycles. The second kappa shape index (κ2) is 5.54. The van der Waals surface area contributed by atoms with Crippen LogP contribution in [-0.2, 0) is 15.4 Å². The maximum atomic E-state index is 12.7. The average molecular weight is 348 g/mol. The molecule has 8 heteroatoms. The lowest BCUT2D eigenvalue weighted by molar-refractivity contribution is 0.578. The van der Waals surface area contributed by atoms with E-state index in [0.717, 1.165) is 10.4 Å². The van der Waals surface area contributed by atoms with Gasteiger partial charge in [0.2, 0.25) is 5.13 Å². The minimum atomic E-state index is -3.78. The Morgan fingerprint density at radius 1 is 1.09 bits per heavy atom. The van der Waals surface area contributed by atoms with Crippen molar-refractivity contribution in [2.75, 3.05) is 4.72 Å². The van der Waals surface area contributed by atoms with Crippen LogP contribution in [0.4, 0.5) is 5.13 Å². The number of para-hydroxylation sites is 1. The highest BCUT2D eigenvalue weighted by molar-refractivity contribution is 7.93. The number of nitrogens with one attached hydrogen (secondary N) is 1. The fraction of sp³-hybridized carbons (Fsp3) is 0.267. The van der Waals surface area contributed by atoms with Gasteiger partial charge in [-0.1, -0.05) is 50.3 Å². The molecule has 0 unspecified atom stereocenters. The summed E-state index contributed by atoms with van der Waals surface area (Å²) in [6.07, 6.45) is 1.57. The standard InChI is InChI=1S/C15H16N4O2S2/c1-15(2,3)13-17-18-14(22-13)19-23(20,21)11-8-4-6-10-7-5-9-16-12(10)11/h4-9H,1-3H3,(H,18,19). The van der Waals surface area contributed by atoms with Crippen molar-refractivity contribution in [1.82, 2.24) is 15.2 Å². The van der Waals surface area contributed by atoms with Gasteiger partial charge >= 0.3 is 0 Å². The molecule has 0 amide bonds. The Kier molecular flexibility index (Phi) is 3.81. The maximum absolute atomic E-state index is 12.7. The molecular formula is C15H16N4O2S2. The van der Waals surface area contributed by atoms with Crippen LogP contribution >= 0.6 is 11.3 Å². The monoisotopic (exact) mass is 348 g/mol. The Labute approximate surface area is 138 Å². The number of hydrogen-bond donors (Lipinski definition) is 1. The van der Waals surface area contributed by atoms with Gasteiger partial charge in [-0.3, -0.25) is 9.71 Å². The Hall–Kier alpha value is -2.06. The minimum absolute atomic E-state index is 0.128. The molecule has 23 heavy (non-hydrogen) atoms. The van der Waals surface area contributed by atoms with Gasteiger partial charge < -0.3 is 0 Å². The topological polar surface area (TPSA) is 84.8 Å². The van der Waals surface area contributed by atoms with Crippen molar-refractivity contribution < 1.29 is 8.42 Å². The molecule has 6 nitrogen and oxygen atoms in total. The normalized spacial score (nSPS) is 12.5. The third-order valence-corrected chi connectivity index (χ3v) is 5.94. The Morgan fingerprint density at radius 2 is 1.83 bits per heavy atom. The number of pyridine rings is 1. The number of hydrogen-bond acceptors (Lipinski definition) is 6. The number of nitrogens with zero attached hydrogens (tertiary/aromatic N) is 3. The summed E-state index contributed by atoms with van der Waals surface area (Å²) >= 11 is 1.23. The number of anilines is 1. The lowest BCUT2D eigenvalue weighted by Crippen LogP contribution is -2.13. The molecule has 0 bridgehead atoms. The van der Waals surface area contributed by atoms with Crippen molar-refractivity contribution in [3.8, 4) is 0 Å². The van der Waals surface area contributed by atoms with Crippen LogP contribution in [0, 0.1) is 0 Å². The lowest BCUT2D eigenvalue weighted by atomic mass is 9.98. The van der Waals surface area contributed by atoms with Gasteiger partial charge in [-0.05, 0) is 12.1 Å². The number of aromatic nitrogens is 3. The van der Waals surface area contributed by atoms with E-state index in [-0.39, 0.29) is 15.4 Å². The quantitative estimate of drug-likeness (QED) is 0.786. The summed E-state index contributed by atoms with van der Waals surface area (Å²) in [7, 11) is -3.78. The number of benzene rings is 1. The van der Waals surface area contributed by atoms with Crippen LogP contribution in [0.2, 0.25) is 0 Å².